The first kappa shape index (κ1) is 20.5. The molecule has 3 aromatic rings. The number of rotatable bonds is 5. The zero-order chi connectivity index (χ0) is 21.5. The molecule has 0 radical (unpaired) electrons. The van der Waals surface area contributed by atoms with Crippen LogP contribution >= 0.6 is 0 Å². The Morgan fingerprint density at radius 2 is 1.90 bits per heavy atom. The van der Waals surface area contributed by atoms with E-state index in [9.17, 15) is 5.11 Å². The number of nitrogens with zero attached hydrogens (tertiary/aromatic N) is 1. The van der Waals surface area contributed by atoms with Crippen LogP contribution in [-0.2, 0) is 6.42 Å². The van der Waals surface area contributed by atoms with E-state index in [-0.39, 0.29) is 18.6 Å². The van der Waals surface area contributed by atoms with Crippen LogP contribution in [0.1, 0.15) is 66.3 Å². The Labute approximate surface area is 186 Å². The minimum absolute atomic E-state index is 0.152. The van der Waals surface area contributed by atoms with E-state index in [2.05, 4.69) is 73.7 Å². The number of aliphatic hydroxyl groups is 1. The smallest absolute Gasteiger partial charge is 0.221 e. The molecule has 1 aliphatic heterocycles. The van der Waals surface area contributed by atoms with Crippen LogP contribution < -0.4 is 4.57 Å². The fourth-order valence-electron chi connectivity index (χ4n) is 6.31. The monoisotopic (exact) mass is 412 g/mol. The Hall–Kier alpha value is -2.45. The molecule has 0 amide bonds. The molecule has 2 heterocycles. The molecule has 0 spiro atoms. The summed E-state index contributed by atoms with van der Waals surface area (Å²) in [6.07, 6.45) is 11.8. The largest absolute Gasteiger partial charge is 0.396 e. The normalized spacial score (nSPS) is 20.6. The molecule has 1 fully saturated rings. The molecular formula is C29H34NO+. The number of aryl methyl sites for hydroxylation is 2. The lowest BCUT2D eigenvalue weighted by Gasteiger charge is -2.31. The number of hydrogen-bond acceptors (Lipinski definition) is 1. The van der Waals surface area contributed by atoms with Crippen LogP contribution in [0.5, 0.6) is 0 Å². The molecule has 1 saturated carbocycles. The van der Waals surface area contributed by atoms with Gasteiger partial charge in [-0.05, 0) is 72.9 Å². The van der Waals surface area contributed by atoms with Crippen LogP contribution in [-0.4, -0.2) is 11.7 Å². The highest BCUT2D eigenvalue weighted by molar-refractivity contribution is 5.94. The number of benzene rings is 2. The van der Waals surface area contributed by atoms with Crippen molar-refractivity contribution < 1.29 is 9.67 Å². The van der Waals surface area contributed by atoms with Crippen molar-refractivity contribution in [1.29, 1.82) is 0 Å². The first-order chi connectivity index (χ1) is 15.1. The second kappa shape index (κ2) is 8.24. The average Bonchev–Trinajstić information content (AvgIpc) is 3.26. The third-order valence-corrected chi connectivity index (χ3v) is 7.62. The fraction of sp³-hybridized carbons (Fsp3) is 0.414. The van der Waals surface area contributed by atoms with Crippen LogP contribution in [0.25, 0.3) is 22.0 Å². The quantitative estimate of drug-likeness (QED) is 0.383. The van der Waals surface area contributed by atoms with E-state index < -0.39 is 0 Å². The minimum atomic E-state index is 0.152. The van der Waals surface area contributed by atoms with Gasteiger partial charge in [-0.3, -0.25) is 0 Å². The summed E-state index contributed by atoms with van der Waals surface area (Å²) in [6.45, 7) is 8.78. The highest BCUT2D eigenvalue weighted by Crippen LogP contribution is 2.44. The highest BCUT2D eigenvalue weighted by Gasteiger charge is 2.40. The number of fused-ring (bicyclic) bond motifs is 5. The molecule has 1 N–H and O–H groups in total. The average molecular weight is 413 g/mol. The predicted molar refractivity (Wildman–Crippen MR) is 128 cm³/mol. The number of pyridine rings is 1. The third kappa shape index (κ3) is 3.51. The number of hydrogen-bond donors (Lipinski definition) is 1. The van der Waals surface area contributed by atoms with Gasteiger partial charge in [0.2, 0.25) is 5.69 Å². The van der Waals surface area contributed by atoms with Crippen molar-refractivity contribution in [1.82, 2.24) is 0 Å². The topological polar surface area (TPSA) is 24.1 Å². The zero-order valence-corrected chi connectivity index (χ0v) is 18.9. The molecule has 1 aromatic heterocycles. The molecule has 2 aromatic carbocycles. The Bertz CT molecular complexity index is 1140. The van der Waals surface area contributed by atoms with Gasteiger partial charge in [-0.2, -0.15) is 4.57 Å². The number of allylic oxidation sites excluding steroid dienone is 1. The standard InChI is InChI=1S/C29H34NO/c1-4-27-25(12-14-31)28-20(3)15-19(2)16-26(28)29-24-10-9-22(17-21-7-5-6-8-21)18-23(24)11-13-30(27)29/h4,9-11,13,15-16,18,21,25,27,31H,1,5-8,12,14,17H2,2-3H3/q+1. The molecule has 2 unspecified atom stereocenters. The van der Waals surface area contributed by atoms with Crippen molar-refractivity contribution in [2.45, 2.75) is 64.3 Å². The van der Waals surface area contributed by atoms with Crippen LogP contribution in [0, 0.1) is 19.8 Å². The Kier molecular flexibility index (Phi) is 5.44. The van der Waals surface area contributed by atoms with Gasteiger partial charge in [0.25, 0.3) is 0 Å². The van der Waals surface area contributed by atoms with Gasteiger partial charge in [0, 0.05) is 12.7 Å². The fourth-order valence-corrected chi connectivity index (χ4v) is 6.31. The Morgan fingerprint density at radius 3 is 2.65 bits per heavy atom. The molecule has 5 rings (SSSR count). The van der Waals surface area contributed by atoms with E-state index in [1.54, 1.807) is 0 Å². The van der Waals surface area contributed by atoms with E-state index in [1.165, 1.54) is 76.4 Å². The molecule has 2 aliphatic rings. The summed E-state index contributed by atoms with van der Waals surface area (Å²) < 4.78 is 2.40. The maximum Gasteiger partial charge on any atom is 0.221 e. The second-order valence-electron chi connectivity index (χ2n) is 9.74. The van der Waals surface area contributed by atoms with Gasteiger partial charge < -0.3 is 5.11 Å². The van der Waals surface area contributed by atoms with Gasteiger partial charge in [-0.25, -0.2) is 0 Å². The van der Waals surface area contributed by atoms with Gasteiger partial charge in [-0.1, -0.05) is 56.0 Å². The van der Waals surface area contributed by atoms with Gasteiger partial charge in [-0.15, -0.1) is 0 Å². The maximum atomic E-state index is 9.83. The molecule has 160 valence electrons. The summed E-state index contributed by atoms with van der Waals surface area (Å²) in [4.78, 5) is 0. The van der Waals surface area contributed by atoms with Crippen molar-refractivity contribution in [2.75, 3.05) is 6.61 Å². The molecule has 2 heteroatoms. The van der Waals surface area contributed by atoms with Crippen molar-refractivity contribution in [3.8, 4) is 11.3 Å². The minimum Gasteiger partial charge on any atom is -0.396 e. The summed E-state index contributed by atoms with van der Waals surface area (Å²) >= 11 is 0. The molecule has 1 aliphatic carbocycles. The van der Waals surface area contributed by atoms with Crippen LogP contribution in [0.4, 0.5) is 0 Å². The van der Waals surface area contributed by atoms with Crippen molar-refractivity contribution in [3.05, 3.63) is 77.5 Å². The first-order valence-electron chi connectivity index (χ1n) is 11.9. The van der Waals surface area contributed by atoms with E-state index in [0.717, 1.165) is 12.3 Å². The molecule has 0 saturated heterocycles. The number of aliphatic hydroxyl groups excluding tert-OH is 1. The zero-order valence-electron chi connectivity index (χ0n) is 18.9. The summed E-state index contributed by atoms with van der Waals surface area (Å²) in [5, 5.41) is 12.5. The Morgan fingerprint density at radius 1 is 1.10 bits per heavy atom. The van der Waals surface area contributed by atoms with Crippen molar-refractivity contribution in [3.63, 3.8) is 0 Å². The van der Waals surface area contributed by atoms with E-state index in [0.29, 0.717) is 0 Å². The van der Waals surface area contributed by atoms with Crippen LogP contribution in [0.15, 0.2) is 55.3 Å². The second-order valence-corrected chi connectivity index (χ2v) is 9.74. The van der Waals surface area contributed by atoms with Gasteiger partial charge >= 0.3 is 0 Å². The lowest BCUT2D eigenvalue weighted by Crippen LogP contribution is -2.47. The molecule has 0 bridgehead atoms. The first-order valence-corrected chi connectivity index (χ1v) is 11.9. The third-order valence-electron chi connectivity index (χ3n) is 7.62. The molecule has 2 atom stereocenters. The van der Waals surface area contributed by atoms with E-state index in [1.807, 2.05) is 0 Å². The molecule has 31 heavy (non-hydrogen) atoms. The van der Waals surface area contributed by atoms with Crippen molar-refractivity contribution in [2.24, 2.45) is 5.92 Å². The molecular weight excluding hydrogens is 378 g/mol. The van der Waals surface area contributed by atoms with E-state index in [4.69, 9.17) is 0 Å². The molecule has 2 nitrogen and oxygen atoms in total. The van der Waals surface area contributed by atoms with Crippen LogP contribution in [0.3, 0.4) is 0 Å². The van der Waals surface area contributed by atoms with Crippen molar-refractivity contribution >= 4 is 10.8 Å². The number of aromatic nitrogens is 1. The SMILES string of the molecule is C=CC1C(CCO)c2c(C)cc(C)cc2-c2c3ccc(CC4CCCC4)cc3cc[n+]21. The summed E-state index contributed by atoms with van der Waals surface area (Å²) in [6, 6.07) is 14.2. The maximum absolute atomic E-state index is 9.83. The summed E-state index contributed by atoms with van der Waals surface area (Å²) in [5.41, 5.74) is 8.08. The summed E-state index contributed by atoms with van der Waals surface area (Å²) in [7, 11) is 0. The van der Waals surface area contributed by atoms with Crippen LogP contribution in [0.2, 0.25) is 0 Å². The summed E-state index contributed by atoms with van der Waals surface area (Å²) in [5.74, 6) is 1.11. The lowest BCUT2D eigenvalue weighted by atomic mass is 9.77. The van der Waals surface area contributed by atoms with Gasteiger partial charge in [0.1, 0.15) is 0 Å². The predicted octanol–water partition coefficient (Wildman–Crippen LogP) is 6.35. The van der Waals surface area contributed by atoms with Gasteiger partial charge in [0.05, 0.1) is 16.9 Å². The highest BCUT2D eigenvalue weighted by atomic mass is 16.3. The van der Waals surface area contributed by atoms with E-state index >= 15 is 0 Å². The Balaban J connectivity index is 1.70. The lowest BCUT2D eigenvalue weighted by molar-refractivity contribution is -0.706. The van der Waals surface area contributed by atoms with Gasteiger partial charge in [0.15, 0.2) is 12.2 Å².